The Balaban J connectivity index is 1.90. The minimum Gasteiger partial charge on any atom is -0.351 e. The number of rotatable bonds is 6. The minimum atomic E-state index is -0.207. The van der Waals surface area contributed by atoms with Crippen LogP contribution in [0.1, 0.15) is 37.3 Å². The second-order valence-corrected chi connectivity index (χ2v) is 5.62. The van der Waals surface area contributed by atoms with Crippen LogP contribution in [0.3, 0.4) is 0 Å². The fraction of sp³-hybridized carbons (Fsp3) is 0.389. The van der Waals surface area contributed by atoms with E-state index in [-0.39, 0.29) is 43.7 Å². The van der Waals surface area contributed by atoms with Gasteiger partial charge in [-0.2, -0.15) is 0 Å². The molecule has 0 aromatic heterocycles. The molecule has 122 valence electrons. The first-order valence-electron chi connectivity index (χ1n) is 7.90. The second kappa shape index (κ2) is 7.72. The lowest BCUT2D eigenvalue weighted by Gasteiger charge is -2.13. The van der Waals surface area contributed by atoms with Crippen LogP contribution in [0.4, 0.5) is 0 Å². The fourth-order valence-corrected chi connectivity index (χ4v) is 2.53. The van der Waals surface area contributed by atoms with Gasteiger partial charge in [-0.25, -0.2) is 0 Å². The van der Waals surface area contributed by atoms with E-state index >= 15 is 0 Å². The van der Waals surface area contributed by atoms with Gasteiger partial charge in [-0.15, -0.1) is 0 Å². The fourth-order valence-electron chi connectivity index (χ4n) is 2.53. The molecule has 0 radical (unpaired) electrons. The van der Waals surface area contributed by atoms with Gasteiger partial charge in [0.15, 0.2) is 0 Å². The largest absolute Gasteiger partial charge is 0.351 e. The Morgan fingerprint density at radius 1 is 1.17 bits per heavy atom. The van der Waals surface area contributed by atoms with Crippen molar-refractivity contribution < 1.29 is 14.4 Å². The van der Waals surface area contributed by atoms with Gasteiger partial charge < -0.3 is 5.32 Å². The summed E-state index contributed by atoms with van der Waals surface area (Å²) in [5, 5.41) is 2.74. The van der Waals surface area contributed by atoms with Gasteiger partial charge in [0.1, 0.15) is 0 Å². The van der Waals surface area contributed by atoms with E-state index in [0.29, 0.717) is 0 Å². The minimum absolute atomic E-state index is 0.159. The molecular formula is C18H22N2O3. The van der Waals surface area contributed by atoms with Crippen molar-refractivity contribution in [3.8, 4) is 0 Å². The molecule has 5 heteroatoms. The van der Waals surface area contributed by atoms with Crippen LogP contribution in [0, 0.1) is 6.92 Å². The van der Waals surface area contributed by atoms with Gasteiger partial charge in [-0.05, 0) is 24.5 Å². The number of imide groups is 1. The lowest BCUT2D eigenvalue weighted by atomic mass is 10.0. The van der Waals surface area contributed by atoms with Crippen molar-refractivity contribution in [3.63, 3.8) is 0 Å². The van der Waals surface area contributed by atoms with Crippen LogP contribution in [-0.2, 0) is 14.4 Å². The van der Waals surface area contributed by atoms with Crippen LogP contribution in [0.5, 0.6) is 0 Å². The molecule has 0 spiro atoms. The number of benzene rings is 1. The molecule has 3 amide bonds. The Morgan fingerprint density at radius 3 is 2.35 bits per heavy atom. The number of nitrogens with one attached hydrogen (secondary N) is 1. The van der Waals surface area contributed by atoms with Crippen LogP contribution in [0.2, 0.25) is 0 Å². The number of carbonyl (C=O) groups is 3. The molecule has 0 aliphatic carbocycles. The highest BCUT2D eigenvalue weighted by Gasteiger charge is 2.28. The molecule has 2 rings (SSSR count). The summed E-state index contributed by atoms with van der Waals surface area (Å²) in [5.41, 5.74) is 3.16. The molecule has 1 N–H and O–H groups in total. The Morgan fingerprint density at radius 2 is 1.78 bits per heavy atom. The van der Waals surface area contributed by atoms with E-state index in [1.54, 1.807) is 6.08 Å². The van der Waals surface area contributed by atoms with Gasteiger partial charge in [-0.1, -0.05) is 36.8 Å². The van der Waals surface area contributed by atoms with E-state index < -0.39 is 0 Å². The van der Waals surface area contributed by atoms with Crippen molar-refractivity contribution >= 4 is 23.3 Å². The molecule has 1 heterocycles. The quantitative estimate of drug-likeness (QED) is 0.645. The number of carbonyl (C=O) groups excluding carboxylic acids is 3. The average Bonchev–Trinajstić information content (AvgIpc) is 2.85. The molecule has 0 atom stereocenters. The van der Waals surface area contributed by atoms with Gasteiger partial charge in [0.2, 0.25) is 17.7 Å². The maximum Gasteiger partial charge on any atom is 0.244 e. The molecule has 0 saturated carbocycles. The number of hydrogen-bond donors (Lipinski definition) is 1. The molecule has 1 aliphatic rings. The highest BCUT2D eigenvalue weighted by atomic mass is 16.2. The van der Waals surface area contributed by atoms with Crippen molar-refractivity contribution in [2.75, 3.05) is 13.1 Å². The van der Waals surface area contributed by atoms with Crippen LogP contribution in [0.15, 0.2) is 30.3 Å². The van der Waals surface area contributed by atoms with Gasteiger partial charge >= 0.3 is 0 Å². The second-order valence-electron chi connectivity index (χ2n) is 5.62. The lowest BCUT2D eigenvalue weighted by molar-refractivity contribution is -0.138. The van der Waals surface area contributed by atoms with E-state index in [1.807, 2.05) is 38.1 Å². The molecule has 1 aliphatic heterocycles. The van der Waals surface area contributed by atoms with E-state index in [0.717, 1.165) is 17.6 Å². The van der Waals surface area contributed by atoms with Crippen molar-refractivity contribution in [3.05, 3.63) is 41.5 Å². The molecule has 23 heavy (non-hydrogen) atoms. The van der Waals surface area contributed by atoms with Crippen molar-refractivity contribution in [2.24, 2.45) is 0 Å². The number of nitrogens with zero attached hydrogens (tertiary/aromatic N) is 1. The molecule has 0 unspecified atom stereocenters. The van der Waals surface area contributed by atoms with E-state index in [9.17, 15) is 14.4 Å². The van der Waals surface area contributed by atoms with Crippen LogP contribution in [-0.4, -0.2) is 35.7 Å². The summed E-state index contributed by atoms with van der Waals surface area (Å²) in [6.45, 7) is 4.54. The number of hydrogen-bond acceptors (Lipinski definition) is 3. The number of allylic oxidation sites excluding steroid dienone is 1. The topological polar surface area (TPSA) is 66.5 Å². The first-order valence-corrected chi connectivity index (χ1v) is 7.90. The van der Waals surface area contributed by atoms with Crippen molar-refractivity contribution in [1.82, 2.24) is 10.2 Å². The zero-order valence-electron chi connectivity index (χ0n) is 13.6. The summed E-state index contributed by atoms with van der Waals surface area (Å²) in [7, 11) is 0. The Kier molecular flexibility index (Phi) is 5.68. The third kappa shape index (κ3) is 4.52. The van der Waals surface area contributed by atoms with Crippen molar-refractivity contribution in [2.45, 2.75) is 33.1 Å². The standard InChI is InChI=1S/C18H22N2O3/c1-3-14(15-6-4-13(2)5-7-15)12-16(21)19-10-11-20-17(22)8-9-18(20)23/h4-7,12H,3,8-11H2,1-2H3,(H,19,21)/b14-12+. The number of amides is 3. The first kappa shape index (κ1) is 16.9. The summed E-state index contributed by atoms with van der Waals surface area (Å²) in [4.78, 5) is 36.2. The lowest BCUT2D eigenvalue weighted by Crippen LogP contribution is -2.37. The Hall–Kier alpha value is -2.43. The van der Waals surface area contributed by atoms with Gasteiger partial charge in [0.05, 0.1) is 0 Å². The maximum absolute atomic E-state index is 12.0. The maximum atomic E-state index is 12.0. The molecule has 5 nitrogen and oxygen atoms in total. The van der Waals surface area contributed by atoms with Gasteiger partial charge in [-0.3, -0.25) is 19.3 Å². The van der Waals surface area contributed by atoms with E-state index in [4.69, 9.17) is 0 Å². The van der Waals surface area contributed by atoms with Crippen molar-refractivity contribution in [1.29, 1.82) is 0 Å². The summed E-state index contributed by atoms with van der Waals surface area (Å²) in [6.07, 6.45) is 2.89. The third-order valence-corrected chi connectivity index (χ3v) is 3.90. The molecule has 0 bridgehead atoms. The highest BCUT2D eigenvalue weighted by molar-refractivity contribution is 6.02. The SMILES string of the molecule is CC/C(=C\C(=O)NCCN1C(=O)CCC1=O)c1ccc(C)cc1. The van der Waals surface area contributed by atoms with Gasteiger partial charge in [0, 0.05) is 32.0 Å². The predicted octanol–water partition coefficient (Wildman–Crippen LogP) is 2.05. The Labute approximate surface area is 136 Å². The van der Waals surface area contributed by atoms with Crippen LogP contribution in [0.25, 0.3) is 5.57 Å². The average molecular weight is 314 g/mol. The third-order valence-electron chi connectivity index (χ3n) is 3.90. The van der Waals surface area contributed by atoms with E-state index in [1.165, 1.54) is 10.5 Å². The van der Waals surface area contributed by atoms with Crippen LogP contribution >= 0.6 is 0 Å². The summed E-state index contributed by atoms with van der Waals surface area (Å²) < 4.78 is 0. The Bertz CT molecular complexity index is 616. The summed E-state index contributed by atoms with van der Waals surface area (Å²) >= 11 is 0. The monoisotopic (exact) mass is 314 g/mol. The van der Waals surface area contributed by atoms with Crippen LogP contribution < -0.4 is 5.32 Å². The zero-order valence-corrected chi connectivity index (χ0v) is 13.6. The summed E-state index contributed by atoms with van der Waals surface area (Å²) in [5.74, 6) is -0.524. The van der Waals surface area contributed by atoms with Gasteiger partial charge in [0.25, 0.3) is 0 Å². The number of likely N-dealkylation sites (tertiary alicyclic amines) is 1. The number of aryl methyl sites for hydroxylation is 1. The van der Waals surface area contributed by atoms with E-state index in [2.05, 4.69) is 5.32 Å². The molecule has 1 aromatic carbocycles. The zero-order chi connectivity index (χ0) is 16.8. The molecular weight excluding hydrogens is 292 g/mol. The predicted molar refractivity (Wildman–Crippen MR) is 88.4 cm³/mol. The summed E-state index contributed by atoms with van der Waals surface area (Å²) in [6, 6.07) is 8.03. The highest BCUT2D eigenvalue weighted by Crippen LogP contribution is 2.18. The normalized spacial score (nSPS) is 15.2. The smallest absolute Gasteiger partial charge is 0.244 e. The first-order chi connectivity index (χ1) is 11.0. The molecule has 1 fully saturated rings. The molecule has 1 aromatic rings. The molecule has 1 saturated heterocycles.